The summed E-state index contributed by atoms with van der Waals surface area (Å²) in [5, 5.41) is 1.91. The zero-order valence-electron chi connectivity index (χ0n) is 16.5. The number of rotatable bonds is 5. The highest BCUT2D eigenvalue weighted by atomic mass is 19.4. The van der Waals surface area contributed by atoms with E-state index >= 15 is 0 Å². The Bertz CT molecular complexity index is 1220. The van der Waals surface area contributed by atoms with Gasteiger partial charge in [0.25, 0.3) is 5.56 Å². The average Bonchev–Trinajstić information content (AvgIpc) is 3.08. The van der Waals surface area contributed by atoms with Gasteiger partial charge in [-0.05, 0) is 48.5 Å². The van der Waals surface area contributed by atoms with Gasteiger partial charge < -0.3 is 9.47 Å². The summed E-state index contributed by atoms with van der Waals surface area (Å²) in [6, 6.07) is 8.99. The Labute approximate surface area is 180 Å². The van der Waals surface area contributed by atoms with E-state index in [1.54, 1.807) is 0 Å². The molecule has 0 unspecified atom stereocenters. The van der Waals surface area contributed by atoms with E-state index in [1.165, 1.54) is 31.4 Å². The number of aromatic amines is 1. The fourth-order valence-corrected chi connectivity index (χ4v) is 2.71. The number of carbonyl (C=O) groups excluding carboxylic acids is 1. The molecular weight excluding hydrogens is 460 g/mol. The van der Waals surface area contributed by atoms with Crippen molar-refractivity contribution in [1.29, 1.82) is 0 Å². The molecule has 0 atom stereocenters. The van der Waals surface area contributed by atoms with E-state index in [0.29, 0.717) is 10.9 Å². The Morgan fingerprint density at radius 2 is 1.61 bits per heavy atom. The van der Waals surface area contributed by atoms with E-state index in [2.05, 4.69) is 14.5 Å². The largest absolute Gasteiger partial charge is 0.573 e. The smallest absolute Gasteiger partial charge is 0.465 e. The molecule has 0 aliphatic carbocycles. The number of hydrogen-bond acceptors (Lipinski definition) is 5. The lowest BCUT2D eigenvalue weighted by Gasteiger charge is -2.09. The van der Waals surface area contributed by atoms with E-state index in [-0.39, 0.29) is 16.9 Å². The maximum absolute atomic E-state index is 13.5. The number of nitrogens with one attached hydrogen (secondary N) is 1. The van der Waals surface area contributed by atoms with Crippen LogP contribution in [0.25, 0.3) is 5.69 Å². The van der Waals surface area contributed by atoms with Crippen molar-refractivity contribution in [3.05, 3.63) is 75.7 Å². The third-order valence-electron chi connectivity index (χ3n) is 4.17. The van der Waals surface area contributed by atoms with Crippen LogP contribution in [0.3, 0.4) is 0 Å². The van der Waals surface area contributed by atoms with Crippen molar-refractivity contribution in [1.82, 2.24) is 9.78 Å². The van der Waals surface area contributed by atoms with E-state index in [9.17, 15) is 35.9 Å². The molecule has 0 saturated heterocycles. The summed E-state index contributed by atoms with van der Waals surface area (Å²) in [7, 11) is 1.18. The van der Waals surface area contributed by atoms with Crippen LogP contribution in [0.15, 0.2) is 58.3 Å². The quantitative estimate of drug-likeness (QED) is 0.333. The highest BCUT2D eigenvalue weighted by Gasteiger charge is 2.37. The van der Waals surface area contributed by atoms with Crippen molar-refractivity contribution in [2.24, 2.45) is 4.99 Å². The van der Waals surface area contributed by atoms with E-state index in [0.717, 1.165) is 24.3 Å². The van der Waals surface area contributed by atoms with Gasteiger partial charge in [0.15, 0.2) is 5.69 Å². The van der Waals surface area contributed by atoms with Gasteiger partial charge in [-0.15, -0.1) is 13.2 Å². The number of aliphatic imine (C=N–C) groups is 1. The molecule has 0 spiro atoms. The third kappa shape index (κ3) is 5.61. The topological polar surface area (TPSA) is 85.7 Å². The first kappa shape index (κ1) is 23.6. The fraction of sp³-hybridized carbons (Fsp3) is 0.150. The second-order valence-electron chi connectivity index (χ2n) is 6.38. The van der Waals surface area contributed by atoms with Gasteiger partial charge in [-0.3, -0.25) is 14.9 Å². The molecule has 0 bridgehead atoms. The van der Waals surface area contributed by atoms with Crippen LogP contribution in [-0.2, 0) is 10.9 Å². The SMILES string of the molecule is COC(=O)c1ccc(N=Cc2c(C(F)(F)F)[nH]n(-c3ccc(OC(F)(F)F)cc3)c2=O)cc1. The minimum Gasteiger partial charge on any atom is -0.465 e. The number of halogens is 6. The van der Waals surface area contributed by atoms with Crippen LogP contribution in [0.2, 0.25) is 0 Å². The molecule has 174 valence electrons. The molecule has 0 radical (unpaired) electrons. The number of alkyl halides is 6. The summed E-state index contributed by atoms with van der Waals surface area (Å²) in [5.74, 6) is -1.23. The molecule has 7 nitrogen and oxygen atoms in total. The monoisotopic (exact) mass is 473 g/mol. The van der Waals surface area contributed by atoms with Gasteiger partial charge in [-0.2, -0.15) is 13.2 Å². The average molecular weight is 473 g/mol. The second-order valence-corrected chi connectivity index (χ2v) is 6.38. The number of esters is 1. The molecule has 0 aliphatic rings. The number of hydrogen-bond donors (Lipinski definition) is 1. The summed E-state index contributed by atoms with van der Waals surface area (Å²) < 4.78 is 86.0. The minimum atomic E-state index is -4.96. The standard InChI is InChI=1S/C20H13F6N3O4/c1-32-18(31)11-2-4-12(5-3-11)27-10-15-16(19(21,22)23)28-29(17(15)30)13-6-8-14(9-7-13)33-20(24,25)26/h2-10,28H,1H3. The maximum atomic E-state index is 13.5. The molecule has 1 N–H and O–H groups in total. The summed E-state index contributed by atoms with van der Waals surface area (Å²) >= 11 is 0. The summed E-state index contributed by atoms with van der Waals surface area (Å²) in [5.41, 5.74) is -3.19. The highest BCUT2D eigenvalue weighted by molar-refractivity contribution is 5.90. The number of carbonyl (C=O) groups is 1. The predicted molar refractivity (Wildman–Crippen MR) is 103 cm³/mol. The summed E-state index contributed by atoms with van der Waals surface area (Å²) in [4.78, 5) is 27.9. The number of methoxy groups -OCH3 is 1. The van der Waals surface area contributed by atoms with Crippen molar-refractivity contribution in [2.75, 3.05) is 7.11 Å². The molecule has 13 heteroatoms. The minimum absolute atomic E-state index is 0.150. The molecule has 0 amide bonds. The summed E-state index contributed by atoms with van der Waals surface area (Å²) in [6.07, 6.45) is -9.21. The van der Waals surface area contributed by atoms with Gasteiger partial charge in [-0.1, -0.05) is 0 Å². The predicted octanol–water partition coefficient (Wildman–Crippen LogP) is 4.62. The van der Waals surface area contributed by atoms with Gasteiger partial charge in [0.05, 0.1) is 29.6 Å². The molecule has 0 aliphatic heterocycles. The normalized spacial score (nSPS) is 12.2. The molecule has 0 saturated carbocycles. The lowest BCUT2D eigenvalue weighted by Crippen LogP contribution is -2.18. The Balaban J connectivity index is 1.97. The van der Waals surface area contributed by atoms with Crippen LogP contribution < -0.4 is 10.3 Å². The second kappa shape index (κ2) is 8.84. The lowest BCUT2D eigenvalue weighted by molar-refractivity contribution is -0.274. The van der Waals surface area contributed by atoms with Gasteiger partial charge in [0, 0.05) is 6.21 Å². The van der Waals surface area contributed by atoms with Crippen LogP contribution in [0.5, 0.6) is 5.75 Å². The Morgan fingerprint density at radius 1 is 1.00 bits per heavy atom. The van der Waals surface area contributed by atoms with Crippen LogP contribution in [0.4, 0.5) is 32.0 Å². The zero-order valence-corrected chi connectivity index (χ0v) is 16.5. The molecule has 3 aromatic rings. The van der Waals surface area contributed by atoms with Gasteiger partial charge >= 0.3 is 18.5 Å². The van der Waals surface area contributed by atoms with Gasteiger partial charge in [0.2, 0.25) is 0 Å². The van der Waals surface area contributed by atoms with E-state index < -0.39 is 41.1 Å². The van der Waals surface area contributed by atoms with Crippen molar-refractivity contribution in [2.45, 2.75) is 12.5 Å². The third-order valence-corrected chi connectivity index (χ3v) is 4.17. The lowest BCUT2D eigenvalue weighted by atomic mass is 10.2. The number of benzene rings is 2. The molecule has 33 heavy (non-hydrogen) atoms. The number of aromatic nitrogens is 2. The van der Waals surface area contributed by atoms with Gasteiger partial charge in [-0.25, -0.2) is 9.48 Å². The Kier molecular flexibility index (Phi) is 6.33. The van der Waals surface area contributed by atoms with Crippen LogP contribution in [-0.4, -0.2) is 35.4 Å². The van der Waals surface area contributed by atoms with Crippen molar-refractivity contribution in [3.63, 3.8) is 0 Å². The first-order valence-corrected chi connectivity index (χ1v) is 8.90. The van der Waals surface area contributed by atoms with Crippen molar-refractivity contribution < 1.29 is 40.6 Å². The van der Waals surface area contributed by atoms with Crippen LogP contribution in [0.1, 0.15) is 21.6 Å². The molecule has 1 aromatic heterocycles. The molecule has 3 rings (SSSR count). The van der Waals surface area contributed by atoms with E-state index in [4.69, 9.17) is 0 Å². The van der Waals surface area contributed by atoms with Crippen molar-refractivity contribution >= 4 is 17.9 Å². The van der Waals surface area contributed by atoms with Crippen LogP contribution >= 0.6 is 0 Å². The zero-order chi connectivity index (χ0) is 24.4. The molecule has 0 fully saturated rings. The first-order valence-electron chi connectivity index (χ1n) is 8.90. The first-order chi connectivity index (χ1) is 15.4. The number of ether oxygens (including phenoxy) is 2. The van der Waals surface area contributed by atoms with Gasteiger partial charge in [0.1, 0.15) is 5.75 Å². The fourth-order valence-electron chi connectivity index (χ4n) is 2.71. The Hall–Kier alpha value is -4.03. The Morgan fingerprint density at radius 3 is 2.12 bits per heavy atom. The van der Waals surface area contributed by atoms with Crippen LogP contribution in [0, 0.1) is 0 Å². The number of nitrogens with zero attached hydrogens (tertiary/aromatic N) is 2. The number of H-pyrrole nitrogens is 1. The molecular formula is C20H13F6N3O4. The maximum Gasteiger partial charge on any atom is 0.573 e. The summed E-state index contributed by atoms with van der Waals surface area (Å²) in [6.45, 7) is 0. The molecule has 2 aromatic carbocycles. The van der Waals surface area contributed by atoms with Crippen molar-refractivity contribution in [3.8, 4) is 11.4 Å². The molecule has 1 heterocycles. The highest BCUT2D eigenvalue weighted by Crippen LogP contribution is 2.30. The van der Waals surface area contributed by atoms with E-state index in [1.807, 2.05) is 5.10 Å².